The average molecular weight is 562 g/mol. The van der Waals surface area contributed by atoms with E-state index in [1.165, 1.54) is 70.6 Å². The maximum atomic E-state index is 10.3. The first-order valence-electron chi connectivity index (χ1n) is 10.5. The largest absolute Gasteiger partial charge is 0.481 e. The van der Waals surface area contributed by atoms with E-state index in [1.54, 1.807) is 12.4 Å². The van der Waals surface area contributed by atoms with Crippen LogP contribution >= 0.6 is 0 Å². The van der Waals surface area contributed by atoms with Gasteiger partial charge < -0.3 is 5.11 Å². The van der Waals surface area contributed by atoms with Crippen molar-refractivity contribution in [2.75, 3.05) is 0 Å². The Morgan fingerprint density at radius 3 is 1.67 bits per heavy atom. The molecule has 0 unspecified atom stereocenters. The second-order valence-electron chi connectivity index (χ2n) is 6.75. The Hall–Kier alpha value is -0.705. The van der Waals surface area contributed by atoms with Crippen LogP contribution in [0, 0.1) is 0 Å². The predicted molar refractivity (Wildman–Crippen MR) is 111 cm³/mol. The third-order valence-corrected chi connectivity index (χ3v) is 4.22. The van der Waals surface area contributed by atoms with Crippen molar-refractivity contribution >= 4 is 5.97 Å². The number of allylic oxidation sites excluding steroid dienone is 2. The number of carbonyl (C=O) groups is 1. The Kier molecular flexibility index (Phi) is 26.7. The Morgan fingerprint density at radius 1 is 0.778 bits per heavy atom. The van der Waals surface area contributed by atoms with Crippen LogP contribution in [0.25, 0.3) is 0 Å². The van der Waals surface area contributed by atoms with E-state index in [4.69, 9.17) is 5.11 Å². The smallest absolute Gasteiger partial charge is 0.303 e. The van der Waals surface area contributed by atoms with Crippen LogP contribution in [0.3, 0.4) is 0 Å². The normalized spacial score (nSPS) is 10.1. The van der Waals surface area contributed by atoms with Gasteiger partial charge in [-0.1, -0.05) is 76.5 Å². The van der Waals surface area contributed by atoms with Gasteiger partial charge in [0.25, 0.3) is 0 Å². The molecule has 150 valence electrons. The zero-order valence-corrected chi connectivity index (χ0v) is 22.9. The number of aliphatic carboxylic acids is 1. The molecule has 1 rings (SSSR count). The average Bonchev–Trinajstić information content (AvgIpc) is 2.66. The van der Waals surface area contributed by atoms with Gasteiger partial charge in [0.15, 0.2) is 0 Å². The molecule has 0 amide bonds. The van der Waals surface area contributed by atoms with E-state index in [-0.39, 0.29) is 27.7 Å². The van der Waals surface area contributed by atoms with Crippen molar-refractivity contribution in [3.05, 3.63) is 42.7 Å². The molecule has 1 aromatic heterocycles. The van der Waals surface area contributed by atoms with Crippen molar-refractivity contribution in [2.24, 2.45) is 0 Å². The van der Waals surface area contributed by atoms with E-state index in [0.717, 1.165) is 12.8 Å². The maximum absolute atomic E-state index is 10.3. The van der Waals surface area contributed by atoms with Gasteiger partial charge in [0.1, 0.15) is 0 Å². The van der Waals surface area contributed by atoms with Crippen molar-refractivity contribution in [1.29, 1.82) is 0 Å². The molecule has 0 aromatic carbocycles. The van der Waals surface area contributed by atoms with E-state index in [2.05, 4.69) is 24.1 Å². The molecule has 0 aliphatic carbocycles. The van der Waals surface area contributed by atoms with Crippen LogP contribution in [0.5, 0.6) is 0 Å². The zero-order chi connectivity index (χ0) is 19.1. The van der Waals surface area contributed by atoms with Gasteiger partial charge in [-0.25, -0.2) is 0 Å². The van der Waals surface area contributed by atoms with Crippen molar-refractivity contribution in [2.45, 2.75) is 96.8 Å². The summed E-state index contributed by atoms with van der Waals surface area (Å²) in [6.07, 6.45) is 24.7. The van der Waals surface area contributed by atoms with Crippen LogP contribution < -0.4 is 0 Å². The Bertz CT molecular complexity index is 397. The van der Waals surface area contributed by atoms with Crippen LogP contribution in [-0.2, 0) is 32.5 Å². The summed E-state index contributed by atoms with van der Waals surface area (Å²) < 4.78 is 0. The first kappa shape index (κ1) is 28.5. The molecule has 1 N–H and O–H groups in total. The van der Waals surface area contributed by atoms with Crippen molar-refractivity contribution in [1.82, 2.24) is 4.98 Å². The van der Waals surface area contributed by atoms with Crippen LogP contribution in [0.15, 0.2) is 42.7 Å². The number of hydrogen-bond donors (Lipinski definition) is 1. The van der Waals surface area contributed by atoms with Gasteiger partial charge >= 0.3 is 5.97 Å². The quantitative estimate of drug-likeness (QED) is 0.140. The van der Waals surface area contributed by atoms with Gasteiger partial charge in [0, 0.05) is 46.5 Å². The van der Waals surface area contributed by atoms with E-state index < -0.39 is 5.97 Å². The second-order valence-corrected chi connectivity index (χ2v) is 6.75. The third-order valence-electron chi connectivity index (χ3n) is 4.22. The number of carboxylic acid groups (broad SMARTS) is 1. The van der Waals surface area contributed by atoms with E-state index in [9.17, 15) is 4.79 Å². The summed E-state index contributed by atoms with van der Waals surface area (Å²) in [5, 5.41) is 8.51. The molecule has 3 nitrogen and oxygen atoms in total. The number of carboxylic acids is 1. The molecule has 1 heterocycles. The number of aromatic nitrogens is 1. The molecule has 1 aromatic rings. The van der Waals surface area contributed by atoms with Gasteiger partial charge in [-0.05, 0) is 44.2 Å². The number of unbranched alkanes of at least 4 members (excludes halogenated alkanes) is 11. The molecule has 0 saturated heterocycles. The molecule has 0 atom stereocenters. The Balaban J connectivity index is 0. The molecular formula is C23H39HgNO2. The Labute approximate surface area is 187 Å². The molecule has 4 heteroatoms. The van der Waals surface area contributed by atoms with E-state index >= 15 is 0 Å². The van der Waals surface area contributed by atoms with Gasteiger partial charge in [0.2, 0.25) is 0 Å². The minimum absolute atomic E-state index is 0. The number of hydrogen-bond acceptors (Lipinski definition) is 2. The second kappa shape index (κ2) is 25.3. The molecule has 0 spiro atoms. The molecule has 0 fully saturated rings. The van der Waals surface area contributed by atoms with Crippen LogP contribution in [0.1, 0.15) is 96.8 Å². The van der Waals surface area contributed by atoms with Gasteiger partial charge in [-0.15, -0.1) is 0 Å². The third kappa shape index (κ3) is 27.6. The number of pyridine rings is 1. The topological polar surface area (TPSA) is 50.2 Å². The van der Waals surface area contributed by atoms with E-state index in [0.29, 0.717) is 6.42 Å². The number of rotatable bonds is 15. The van der Waals surface area contributed by atoms with Crippen LogP contribution in [-0.4, -0.2) is 16.1 Å². The summed E-state index contributed by atoms with van der Waals surface area (Å²) in [4.78, 5) is 14.1. The fourth-order valence-corrected chi connectivity index (χ4v) is 2.66. The molecule has 0 saturated carbocycles. The maximum Gasteiger partial charge on any atom is 0.303 e. The van der Waals surface area contributed by atoms with E-state index in [1.807, 2.05) is 18.2 Å². The van der Waals surface area contributed by atoms with Crippen LogP contribution in [0.4, 0.5) is 0 Å². The van der Waals surface area contributed by atoms with Gasteiger partial charge in [-0.3, -0.25) is 9.78 Å². The number of nitrogens with zero attached hydrogens (tertiary/aromatic N) is 1. The first-order valence-corrected chi connectivity index (χ1v) is 10.5. The van der Waals surface area contributed by atoms with Crippen molar-refractivity contribution < 1.29 is 37.6 Å². The molecule has 27 heavy (non-hydrogen) atoms. The molecule has 0 radical (unpaired) electrons. The fraction of sp³-hybridized carbons (Fsp3) is 0.652. The summed E-state index contributed by atoms with van der Waals surface area (Å²) in [5.74, 6) is -0.664. The summed E-state index contributed by atoms with van der Waals surface area (Å²) in [7, 11) is 0. The standard InChI is InChI=1S/C18H34O2.C5H5N.Hg/c1-2-3-4-5-6-7-8-9-10-11-12-13-14-15-16-17-18(19)20;1-2-4-6-5-3-1;/h9-10H,2-8,11-17H2,1H3,(H,19,20);1-5H;/b10-9-;;. The Morgan fingerprint density at radius 2 is 1.26 bits per heavy atom. The summed E-state index contributed by atoms with van der Waals surface area (Å²) in [6, 6.07) is 5.72. The first-order chi connectivity index (χ1) is 12.8. The van der Waals surface area contributed by atoms with Crippen LogP contribution in [0.2, 0.25) is 0 Å². The van der Waals surface area contributed by atoms with Gasteiger partial charge in [-0.2, -0.15) is 0 Å². The van der Waals surface area contributed by atoms with Crippen molar-refractivity contribution in [3.8, 4) is 0 Å². The van der Waals surface area contributed by atoms with Gasteiger partial charge in [0.05, 0.1) is 0 Å². The summed E-state index contributed by atoms with van der Waals surface area (Å²) in [5.41, 5.74) is 0. The molecule has 0 bridgehead atoms. The predicted octanol–water partition coefficient (Wildman–Crippen LogP) is 7.19. The monoisotopic (exact) mass is 563 g/mol. The minimum Gasteiger partial charge on any atom is -0.481 e. The minimum atomic E-state index is -0.664. The summed E-state index contributed by atoms with van der Waals surface area (Å²) in [6.45, 7) is 2.26. The summed E-state index contributed by atoms with van der Waals surface area (Å²) >= 11 is 0. The SMILES string of the molecule is CCCCCCCC/C=C\CCCCCCCC(=O)O.[Hg].c1ccncc1. The molecular weight excluding hydrogens is 523 g/mol. The van der Waals surface area contributed by atoms with Crippen molar-refractivity contribution in [3.63, 3.8) is 0 Å². The molecule has 0 aliphatic heterocycles. The molecule has 0 aliphatic rings. The zero-order valence-electron chi connectivity index (χ0n) is 17.5. The fourth-order valence-electron chi connectivity index (χ4n) is 2.66.